The van der Waals surface area contributed by atoms with Crippen LogP contribution < -0.4 is 5.32 Å². The number of hydrogen-bond donors (Lipinski definition) is 1. The first-order chi connectivity index (χ1) is 18.2. The van der Waals surface area contributed by atoms with Crippen molar-refractivity contribution < 1.29 is 18.0 Å². The summed E-state index contributed by atoms with van der Waals surface area (Å²) in [5, 5.41) is 14.7. The molecule has 3 aromatic carbocycles. The SMILES string of the molecule is CS(=O)(=O)c1ccc(C(=O)N[C@@H](Cc2ccccc2)C(=O)CCCc2cc(Cl)ccc2-n2cnnn2)cc1. The molecule has 11 heteroatoms. The van der Waals surface area contributed by atoms with E-state index in [4.69, 9.17) is 11.6 Å². The lowest BCUT2D eigenvalue weighted by molar-refractivity contribution is -0.121. The van der Waals surface area contributed by atoms with Crippen LogP contribution in [0.2, 0.25) is 5.02 Å². The average molecular weight is 552 g/mol. The van der Waals surface area contributed by atoms with Gasteiger partial charge in [0.15, 0.2) is 15.6 Å². The Kier molecular flexibility index (Phi) is 8.65. The molecule has 0 unspecified atom stereocenters. The number of nitrogens with zero attached hydrogens (tertiary/aromatic N) is 4. The fraction of sp³-hybridized carbons (Fsp3) is 0.222. The Bertz CT molecular complexity index is 1510. The first kappa shape index (κ1) is 27.2. The standard InChI is InChI=1S/C27H26ClN5O4S/c1-38(36,37)23-13-10-20(11-14-23)27(35)30-24(16-19-6-3-2-4-7-19)26(34)9-5-8-21-17-22(28)12-15-25(21)33-18-29-31-32-33/h2-4,6-7,10-15,17-18,24H,5,8-9,16H2,1H3,(H,30,35)/t24-/m0/s1. The highest BCUT2D eigenvalue weighted by molar-refractivity contribution is 7.90. The molecule has 0 aliphatic carbocycles. The van der Waals surface area contributed by atoms with E-state index in [1.54, 1.807) is 10.7 Å². The number of ketones is 1. The summed E-state index contributed by atoms with van der Waals surface area (Å²) in [5.41, 5.74) is 2.85. The highest BCUT2D eigenvalue weighted by Crippen LogP contribution is 2.21. The maximum atomic E-state index is 13.3. The van der Waals surface area contributed by atoms with Crippen LogP contribution in [0, 0.1) is 0 Å². The van der Waals surface area contributed by atoms with Crippen molar-refractivity contribution in [2.45, 2.75) is 36.6 Å². The topological polar surface area (TPSA) is 124 Å². The fourth-order valence-electron chi connectivity index (χ4n) is 4.07. The summed E-state index contributed by atoms with van der Waals surface area (Å²) >= 11 is 6.20. The van der Waals surface area contributed by atoms with E-state index in [9.17, 15) is 18.0 Å². The summed E-state index contributed by atoms with van der Waals surface area (Å²) in [6.45, 7) is 0. The molecule has 0 saturated carbocycles. The smallest absolute Gasteiger partial charge is 0.251 e. The Morgan fingerprint density at radius 2 is 1.76 bits per heavy atom. The second kappa shape index (κ2) is 12.1. The van der Waals surface area contributed by atoms with Gasteiger partial charge < -0.3 is 5.32 Å². The van der Waals surface area contributed by atoms with Crippen LogP contribution in [0.4, 0.5) is 0 Å². The third kappa shape index (κ3) is 7.11. The first-order valence-electron chi connectivity index (χ1n) is 11.9. The molecular weight excluding hydrogens is 526 g/mol. The fourth-order valence-corrected chi connectivity index (χ4v) is 4.89. The van der Waals surface area contributed by atoms with Crippen LogP contribution >= 0.6 is 11.6 Å². The summed E-state index contributed by atoms with van der Waals surface area (Å²) in [4.78, 5) is 26.4. The number of aromatic nitrogens is 4. The molecule has 9 nitrogen and oxygen atoms in total. The second-order valence-corrected chi connectivity index (χ2v) is 11.3. The zero-order valence-corrected chi connectivity index (χ0v) is 22.2. The van der Waals surface area contributed by atoms with Gasteiger partial charge in [0.05, 0.1) is 16.6 Å². The molecule has 38 heavy (non-hydrogen) atoms. The third-order valence-electron chi connectivity index (χ3n) is 6.03. The monoisotopic (exact) mass is 551 g/mol. The van der Waals surface area contributed by atoms with E-state index in [2.05, 4.69) is 20.8 Å². The Balaban J connectivity index is 1.46. The van der Waals surface area contributed by atoms with Crippen LogP contribution in [0.15, 0.2) is 84.0 Å². The van der Waals surface area contributed by atoms with Gasteiger partial charge in [-0.25, -0.2) is 13.1 Å². The number of benzene rings is 3. The summed E-state index contributed by atoms with van der Waals surface area (Å²) in [5.74, 6) is -0.559. The first-order valence-corrected chi connectivity index (χ1v) is 14.2. The molecule has 0 fully saturated rings. The van der Waals surface area contributed by atoms with Crippen molar-refractivity contribution >= 4 is 33.1 Å². The molecule has 1 N–H and O–H groups in total. The molecule has 4 aromatic rings. The molecule has 1 aromatic heterocycles. The van der Waals surface area contributed by atoms with Crippen LogP contribution in [0.5, 0.6) is 0 Å². The van der Waals surface area contributed by atoms with Gasteiger partial charge in [0, 0.05) is 23.3 Å². The summed E-state index contributed by atoms with van der Waals surface area (Å²) in [7, 11) is -3.38. The lowest BCUT2D eigenvalue weighted by Crippen LogP contribution is -2.42. The zero-order valence-electron chi connectivity index (χ0n) is 20.6. The summed E-state index contributed by atoms with van der Waals surface area (Å²) in [6.07, 6.45) is 4.24. The van der Waals surface area contributed by atoms with E-state index >= 15 is 0 Å². The third-order valence-corrected chi connectivity index (χ3v) is 7.39. The van der Waals surface area contributed by atoms with E-state index in [1.807, 2.05) is 42.5 Å². The van der Waals surface area contributed by atoms with Gasteiger partial charge in [0.25, 0.3) is 5.91 Å². The number of rotatable bonds is 11. The maximum absolute atomic E-state index is 13.3. The van der Waals surface area contributed by atoms with E-state index in [0.717, 1.165) is 23.1 Å². The minimum absolute atomic E-state index is 0.110. The molecule has 1 atom stereocenters. The molecule has 196 valence electrons. The lowest BCUT2D eigenvalue weighted by atomic mass is 9.97. The van der Waals surface area contributed by atoms with Crippen molar-refractivity contribution in [1.29, 1.82) is 0 Å². The van der Waals surface area contributed by atoms with Crippen LogP contribution in [-0.4, -0.2) is 52.6 Å². The Morgan fingerprint density at radius 1 is 1.03 bits per heavy atom. The highest BCUT2D eigenvalue weighted by Gasteiger charge is 2.22. The van der Waals surface area contributed by atoms with Gasteiger partial charge >= 0.3 is 0 Å². The van der Waals surface area contributed by atoms with Crippen molar-refractivity contribution in [3.8, 4) is 5.69 Å². The van der Waals surface area contributed by atoms with Gasteiger partial charge in [0.1, 0.15) is 6.33 Å². The van der Waals surface area contributed by atoms with E-state index in [0.29, 0.717) is 24.3 Å². The molecule has 1 heterocycles. The van der Waals surface area contributed by atoms with E-state index in [1.165, 1.54) is 30.6 Å². The van der Waals surface area contributed by atoms with Crippen LogP contribution in [-0.2, 0) is 27.5 Å². The predicted molar refractivity (Wildman–Crippen MR) is 143 cm³/mol. The van der Waals surface area contributed by atoms with Gasteiger partial charge in [-0.3, -0.25) is 9.59 Å². The number of hydrogen-bond acceptors (Lipinski definition) is 7. The molecule has 0 bridgehead atoms. The van der Waals surface area contributed by atoms with Crippen LogP contribution in [0.1, 0.15) is 34.3 Å². The normalized spacial score (nSPS) is 12.2. The van der Waals surface area contributed by atoms with E-state index < -0.39 is 21.8 Å². The van der Waals surface area contributed by atoms with Crippen LogP contribution in [0.25, 0.3) is 5.69 Å². The average Bonchev–Trinajstić information content (AvgIpc) is 3.43. The minimum Gasteiger partial charge on any atom is -0.342 e. The van der Waals surface area contributed by atoms with Crippen molar-refractivity contribution in [3.05, 3.63) is 101 Å². The quantitative estimate of drug-likeness (QED) is 0.302. The Labute approximate surface area is 225 Å². The molecule has 1 amide bonds. The van der Waals surface area contributed by atoms with Gasteiger partial charge in [0.2, 0.25) is 0 Å². The minimum atomic E-state index is -3.38. The number of Topliss-reactive ketones (excluding diaryl/α,β-unsaturated/α-hetero) is 1. The molecule has 0 saturated heterocycles. The van der Waals surface area contributed by atoms with Gasteiger partial charge in [-0.05, 0) is 83.3 Å². The van der Waals surface area contributed by atoms with Gasteiger partial charge in [-0.15, -0.1) is 5.10 Å². The van der Waals surface area contributed by atoms with Crippen molar-refractivity contribution in [2.24, 2.45) is 0 Å². The maximum Gasteiger partial charge on any atom is 0.251 e. The zero-order chi connectivity index (χ0) is 27.1. The Hall–Kier alpha value is -3.89. The molecule has 0 aliphatic heterocycles. The number of sulfone groups is 1. The second-order valence-electron chi connectivity index (χ2n) is 8.86. The molecular formula is C27H26ClN5O4S. The summed E-state index contributed by atoms with van der Waals surface area (Å²) < 4.78 is 25.0. The number of halogens is 1. The number of carbonyl (C=O) groups excluding carboxylic acids is 2. The van der Waals surface area contributed by atoms with Gasteiger partial charge in [-0.2, -0.15) is 0 Å². The Morgan fingerprint density at radius 3 is 2.42 bits per heavy atom. The number of tetrazole rings is 1. The summed E-state index contributed by atoms with van der Waals surface area (Å²) in [6, 6.07) is 19.7. The number of aryl methyl sites for hydroxylation is 1. The number of carbonyl (C=O) groups is 2. The molecule has 4 rings (SSSR count). The number of nitrogens with one attached hydrogen (secondary N) is 1. The molecule has 0 spiro atoms. The van der Waals surface area contributed by atoms with Crippen molar-refractivity contribution in [2.75, 3.05) is 6.26 Å². The highest BCUT2D eigenvalue weighted by atomic mass is 35.5. The van der Waals surface area contributed by atoms with Crippen molar-refractivity contribution in [1.82, 2.24) is 25.5 Å². The molecule has 0 radical (unpaired) electrons. The lowest BCUT2D eigenvalue weighted by Gasteiger charge is -2.18. The largest absolute Gasteiger partial charge is 0.342 e. The van der Waals surface area contributed by atoms with Gasteiger partial charge in [-0.1, -0.05) is 41.9 Å². The van der Waals surface area contributed by atoms with Crippen LogP contribution in [0.3, 0.4) is 0 Å². The van der Waals surface area contributed by atoms with Crippen molar-refractivity contribution in [3.63, 3.8) is 0 Å². The predicted octanol–water partition coefficient (Wildman–Crippen LogP) is 3.65. The number of amides is 1. The molecule has 0 aliphatic rings. The van der Waals surface area contributed by atoms with E-state index in [-0.39, 0.29) is 22.7 Å².